The summed E-state index contributed by atoms with van der Waals surface area (Å²) in [4.78, 5) is 21.0. The Morgan fingerprint density at radius 1 is 1.07 bits per heavy atom. The molecular weight excluding hydrogens is 362 g/mol. The van der Waals surface area contributed by atoms with Gasteiger partial charge in [0, 0.05) is 41.6 Å². The molecule has 3 aliphatic rings. The molecule has 1 aliphatic carbocycles. The van der Waals surface area contributed by atoms with Crippen LogP contribution >= 0.6 is 0 Å². The zero-order valence-corrected chi connectivity index (χ0v) is 16.5. The van der Waals surface area contributed by atoms with Crippen molar-refractivity contribution in [3.05, 3.63) is 47.8 Å². The van der Waals surface area contributed by atoms with Gasteiger partial charge in [0.25, 0.3) is 0 Å². The largest absolute Gasteiger partial charge is 0.486 e. The van der Waals surface area contributed by atoms with E-state index in [0.29, 0.717) is 17.9 Å². The number of nitrogens with one attached hydrogen (secondary N) is 2. The van der Waals surface area contributed by atoms with Crippen LogP contribution in [0.25, 0.3) is 22.2 Å². The minimum absolute atomic E-state index is 0.199. The topological polar surface area (TPSA) is 67.0 Å². The third-order valence-electron chi connectivity index (χ3n) is 7.00. The zero-order chi connectivity index (χ0) is 19.4. The number of aromatic amines is 1. The van der Waals surface area contributed by atoms with Crippen LogP contribution in [0.1, 0.15) is 60.5 Å². The van der Waals surface area contributed by atoms with Crippen molar-refractivity contribution in [2.24, 2.45) is 0 Å². The fourth-order valence-electron chi connectivity index (χ4n) is 5.01. The molecular formula is C24H25N3O2. The Morgan fingerprint density at radius 3 is 2.72 bits per heavy atom. The lowest BCUT2D eigenvalue weighted by molar-refractivity contribution is 0.0188. The number of rotatable bonds is 2. The van der Waals surface area contributed by atoms with Crippen LogP contribution in [0.15, 0.2) is 36.5 Å². The second-order valence-corrected chi connectivity index (χ2v) is 8.81. The molecule has 0 bridgehead atoms. The van der Waals surface area contributed by atoms with Crippen LogP contribution in [-0.4, -0.2) is 34.4 Å². The average Bonchev–Trinajstić information content (AvgIpc) is 3.10. The van der Waals surface area contributed by atoms with Crippen molar-refractivity contribution in [2.75, 3.05) is 13.1 Å². The van der Waals surface area contributed by atoms with Crippen LogP contribution in [-0.2, 0) is 0 Å². The minimum Gasteiger partial charge on any atom is -0.486 e. The number of aromatic nitrogens is 2. The number of piperidine rings is 1. The summed E-state index contributed by atoms with van der Waals surface area (Å²) in [6.07, 6.45) is 8.08. The minimum atomic E-state index is -0.340. The highest BCUT2D eigenvalue weighted by Crippen LogP contribution is 2.41. The van der Waals surface area contributed by atoms with Gasteiger partial charge in [-0.1, -0.05) is 12.5 Å². The number of ether oxygens (including phenoxy) is 1. The van der Waals surface area contributed by atoms with E-state index in [9.17, 15) is 4.79 Å². The highest BCUT2D eigenvalue weighted by Gasteiger charge is 2.41. The van der Waals surface area contributed by atoms with E-state index in [0.717, 1.165) is 53.8 Å². The van der Waals surface area contributed by atoms with E-state index < -0.39 is 0 Å². The van der Waals surface area contributed by atoms with Gasteiger partial charge in [-0.05, 0) is 55.8 Å². The van der Waals surface area contributed by atoms with Crippen molar-refractivity contribution < 1.29 is 9.53 Å². The molecule has 1 saturated heterocycles. The first kappa shape index (κ1) is 17.2. The number of benzene rings is 1. The number of hydrogen-bond donors (Lipinski definition) is 2. The van der Waals surface area contributed by atoms with E-state index >= 15 is 0 Å². The lowest BCUT2D eigenvalue weighted by Gasteiger charge is -2.41. The van der Waals surface area contributed by atoms with Crippen LogP contribution in [0.2, 0.25) is 0 Å². The van der Waals surface area contributed by atoms with Crippen molar-refractivity contribution >= 4 is 16.8 Å². The standard InChI is InChI=1S/C24H25N3O2/c28-21-13-24(8-10-25-11-9-24)29-22-12-16(4-5-18(21)22)19-14-26-23-17(19)6-7-20(27-23)15-2-1-3-15/h4-7,12,14-15,25H,1-3,8-11,13H2,(H,26,27). The molecule has 1 spiro atoms. The Morgan fingerprint density at radius 2 is 1.93 bits per heavy atom. The fraction of sp³-hybridized carbons (Fsp3) is 0.417. The molecule has 148 valence electrons. The first-order valence-electron chi connectivity index (χ1n) is 10.8. The van der Waals surface area contributed by atoms with Gasteiger partial charge in [-0.25, -0.2) is 4.98 Å². The van der Waals surface area contributed by atoms with Gasteiger partial charge in [0.15, 0.2) is 5.78 Å². The lowest BCUT2D eigenvalue weighted by Crippen LogP contribution is -2.49. The molecule has 3 aromatic rings. The van der Waals surface area contributed by atoms with Crippen LogP contribution < -0.4 is 10.1 Å². The molecule has 2 aliphatic heterocycles. The summed E-state index contributed by atoms with van der Waals surface area (Å²) in [6.45, 7) is 1.81. The molecule has 29 heavy (non-hydrogen) atoms. The molecule has 0 unspecified atom stereocenters. The predicted octanol–water partition coefficient (Wildman–Crippen LogP) is 4.58. The van der Waals surface area contributed by atoms with Gasteiger partial charge >= 0.3 is 0 Å². The summed E-state index contributed by atoms with van der Waals surface area (Å²) in [5, 5.41) is 4.48. The molecule has 1 aromatic carbocycles. The van der Waals surface area contributed by atoms with E-state index in [1.54, 1.807) is 0 Å². The summed E-state index contributed by atoms with van der Waals surface area (Å²) in [7, 11) is 0. The summed E-state index contributed by atoms with van der Waals surface area (Å²) < 4.78 is 6.47. The third kappa shape index (κ3) is 2.79. The van der Waals surface area contributed by atoms with Gasteiger partial charge in [-0.3, -0.25) is 4.79 Å². The van der Waals surface area contributed by atoms with Gasteiger partial charge in [0.2, 0.25) is 0 Å². The number of carbonyl (C=O) groups is 1. The quantitative estimate of drug-likeness (QED) is 0.675. The van der Waals surface area contributed by atoms with Gasteiger partial charge < -0.3 is 15.0 Å². The maximum atomic E-state index is 12.8. The van der Waals surface area contributed by atoms with Crippen molar-refractivity contribution in [3.8, 4) is 16.9 Å². The normalized spacial score (nSPS) is 21.0. The van der Waals surface area contributed by atoms with E-state index in [-0.39, 0.29) is 11.4 Å². The Balaban J connectivity index is 1.38. The van der Waals surface area contributed by atoms with Crippen LogP contribution in [0.3, 0.4) is 0 Å². The van der Waals surface area contributed by atoms with Crippen molar-refractivity contribution in [2.45, 2.75) is 50.0 Å². The molecule has 1 saturated carbocycles. The molecule has 5 nitrogen and oxygen atoms in total. The van der Waals surface area contributed by atoms with Gasteiger partial charge in [-0.15, -0.1) is 0 Å². The summed E-state index contributed by atoms with van der Waals surface area (Å²) in [6, 6.07) is 10.4. The average molecular weight is 387 g/mol. The lowest BCUT2D eigenvalue weighted by atomic mass is 9.82. The molecule has 0 atom stereocenters. The third-order valence-corrected chi connectivity index (χ3v) is 7.00. The molecule has 2 N–H and O–H groups in total. The number of fused-ring (bicyclic) bond motifs is 2. The van der Waals surface area contributed by atoms with Crippen LogP contribution in [0, 0.1) is 0 Å². The number of Topliss-reactive ketones (excluding diaryl/α,β-unsaturated/α-hetero) is 1. The Hall–Kier alpha value is -2.66. The maximum absolute atomic E-state index is 12.8. The Kier molecular flexibility index (Phi) is 3.81. The Labute approximate surface area is 169 Å². The highest BCUT2D eigenvalue weighted by molar-refractivity contribution is 6.02. The maximum Gasteiger partial charge on any atom is 0.170 e. The molecule has 2 aromatic heterocycles. The molecule has 6 rings (SSSR count). The van der Waals surface area contributed by atoms with Crippen molar-refractivity contribution in [1.29, 1.82) is 0 Å². The Bertz CT molecular complexity index is 1110. The van der Waals surface area contributed by atoms with Crippen molar-refractivity contribution in [1.82, 2.24) is 15.3 Å². The molecule has 0 radical (unpaired) electrons. The van der Waals surface area contributed by atoms with Crippen LogP contribution in [0.4, 0.5) is 0 Å². The van der Waals surface area contributed by atoms with Crippen molar-refractivity contribution in [3.63, 3.8) is 0 Å². The van der Waals surface area contributed by atoms with Crippen LogP contribution in [0.5, 0.6) is 5.75 Å². The second-order valence-electron chi connectivity index (χ2n) is 8.81. The van der Waals surface area contributed by atoms with E-state index in [2.05, 4.69) is 22.4 Å². The van der Waals surface area contributed by atoms with E-state index in [1.807, 2.05) is 24.4 Å². The van der Waals surface area contributed by atoms with E-state index in [1.165, 1.54) is 25.0 Å². The second kappa shape index (κ2) is 6.42. The predicted molar refractivity (Wildman–Crippen MR) is 113 cm³/mol. The number of H-pyrrole nitrogens is 1. The fourth-order valence-corrected chi connectivity index (χ4v) is 5.01. The smallest absolute Gasteiger partial charge is 0.170 e. The molecule has 4 heterocycles. The SMILES string of the molecule is O=C1CC2(CCNCC2)Oc2cc(-c3c[nH]c4nc(C5CCC5)ccc34)ccc21. The number of ketones is 1. The summed E-state index contributed by atoms with van der Waals surface area (Å²) in [5.41, 5.74) is 4.68. The number of carbonyl (C=O) groups excluding carboxylic acids is 1. The number of nitrogens with zero attached hydrogens (tertiary/aromatic N) is 1. The number of pyridine rings is 1. The van der Waals surface area contributed by atoms with Gasteiger partial charge in [0.05, 0.1) is 12.0 Å². The summed E-state index contributed by atoms with van der Waals surface area (Å²) >= 11 is 0. The van der Waals surface area contributed by atoms with Gasteiger partial charge in [-0.2, -0.15) is 0 Å². The van der Waals surface area contributed by atoms with Gasteiger partial charge in [0.1, 0.15) is 17.0 Å². The summed E-state index contributed by atoms with van der Waals surface area (Å²) in [5.74, 6) is 1.55. The molecule has 5 heteroatoms. The van der Waals surface area contributed by atoms with E-state index in [4.69, 9.17) is 9.72 Å². The monoisotopic (exact) mass is 387 g/mol. The first-order valence-corrected chi connectivity index (χ1v) is 10.8. The first-order chi connectivity index (χ1) is 14.2. The molecule has 0 amide bonds. The highest BCUT2D eigenvalue weighted by atomic mass is 16.5. The number of hydrogen-bond acceptors (Lipinski definition) is 4. The zero-order valence-electron chi connectivity index (χ0n) is 16.5. The molecule has 2 fully saturated rings.